The summed E-state index contributed by atoms with van der Waals surface area (Å²) >= 11 is 0. The lowest BCUT2D eigenvalue weighted by Crippen LogP contribution is -2.34. The first-order chi connectivity index (χ1) is 11.1. The fraction of sp³-hybridized carbons (Fsp3) is 0.235. The molecule has 0 radical (unpaired) electrons. The largest absolute Gasteiger partial charge is 0.352 e. The molecular weight excluding hydrogens is 300 g/mol. The van der Waals surface area contributed by atoms with Crippen LogP contribution in [0.2, 0.25) is 0 Å². The van der Waals surface area contributed by atoms with Crippen molar-refractivity contribution >= 4 is 5.91 Å². The van der Waals surface area contributed by atoms with Gasteiger partial charge in [0, 0.05) is 13.1 Å². The Kier molecular flexibility index (Phi) is 4.64. The average molecular weight is 317 g/mol. The first-order valence-electron chi connectivity index (χ1n) is 7.39. The summed E-state index contributed by atoms with van der Waals surface area (Å²) in [6.45, 7) is 0.736. The van der Waals surface area contributed by atoms with Crippen LogP contribution in [0.5, 0.6) is 0 Å². The normalized spacial score (nSPS) is 20.4. The zero-order valence-corrected chi connectivity index (χ0v) is 12.4. The number of nitrogens with one attached hydrogen (secondary N) is 3. The molecule has 3 N–H and O–H groups in total. The summed E-state index contributed by atoms with van der Waals surface area (Å²) in [6, 6.07) is 11.9. The third kappa shape index (κ3) is 3.72. The highest BCUT2D eigenvalue weighted by Crippen LogP contribution is 2.25. The molecule has 120 valence electrons. The van der Waals surface area contributed by atoms with Gasteiger partial charge in [0.25, 0.3) is 0 Å². The zero-order valence-electron chi connectivity index (χ0n) is 12.4. The molecule has 4 nitrogen and oxygen atoms in total. The maximum Gasteiger partial charge on any atom is 0.226 e. The predicted molar refractivity (Wildman–Crippen MR) is 82.0 cm³/mol. The van der Waals surface area contributed by atoms with Crippen LogP contribution in [0.4, 0.5) is 8.78 Å². The minimum atomic E-state index is -0.329. The average Bonchev–Trinajstić information content (AvgIpc) is 3.03. The molecular formula is C17H17F2N3O. The molecule has 1 fully saturated rings. The van der Waals surface area contributed by atoms with E-state index >= 15 is 0 Å². The highest BCUT2D eigenvalue weighted by Gasteiger charge is 2.33. The van der Waals surface area contributed by atoms with Crippen LogP contribution >= 0.6 is 0 Å². The predicted octanol–water partition coefficient (Wildman–Crippen LogP) is 2.05. The molecule has 2 atom stereocenters. The van der Waals surface area contributed by atoms with E-state index in [1.54, 1.807) is 24.3 Å². The Labute approximate surface area is 132 Å². The van der Waals surface area contributed by atoms with E-state index in [0.29, 0.717) is 12.1 Å². The molecule has 0 aromatic heterocycles. The second-order valence-corrected chi connectivity index (χ2v) is 5.51. The Balaban J connectivity index is 1.65. The monoisotopic (exact) mass is 317 g/mol. The summed E-state index contributed by atoms with van der Waals surface area (Å²) in [6.07, 6.45) is 0. The molecule has 1 aliphatic rings. The third-order valence-corrected chi connectivity index (χ3v) is 3.90. The molecule has 1 aliphatic heterocycles. The van der Waals surface area contributed by atoms with Gasteiger partial charge in [-0.15, -0.1) is 0 Å². The fourth-order valence-electron chi connectivity index (χ4n) is 2.69. The quantitative estimate of drug-likeness (QED) is 0.809. The van der Waals surface area contributed by atoms with Crippen molar-refractivity contribution in [2.45, 2.75) is 12.6 Å². The van der Waals surface area contributed by atoms with Crippen LogP contribution in [0, 0.1) is 17.6 Å². The molecule has 23 heavy (non-hydrogen) atoms. The minimum absolute atomic E-state index is 0.138. The van der Waals surface area contributed by atoms with Gasteiger partial charge in [-0.2, -0.15) is 0 Å². The van der Waals surface area contributed by atoms with Crippen molar-refractivity contribution in [3.05, 3.63) is 71.3 Å². The highest BCUT2D eigenvalue weighted by atomic mass is 19.1. The van der Waals surface area contributed by atoms with Crippen LogP contribution in [0.15, 0.2) is 48.5 Å². The van der Waals surface area contributed by atoms with Crippen molar-refractivity contribution in [1.82, 2.24) is 16.2 Å². The van der Waals surface area contributed by atoms with Crippen LogP contribution in [0.25, 0.3) is 0 Å². The van der Waals surface area contributed by atoms with Gasteiger partial charge >= 0.3 is 0 Å². The molecule has 3 rings (SSSR count). The first kappa shape index (κ1) is 15.6. The van der Waals surface area contributed by atoms with Gasteiger partial charge < -0.3 is 5.32 Å². The van der Waals surface area contributed by atoms with Gasteiger partial charge in [-0.3, -0.25) is 10.2 Å². The lowest BCUT2D eigenvalue weighted by atomic mass is 9.94. The van der Waals surface area contributed by atoms with Crippen LogP contribution in [0.1, 0.15) is 17.2 Å². The molecule has 0 saturated carbocycles. The molecule has 6 heteroatoms. The van der Waals surface area contributed by atoms with Crippen molar-refractivity contribution in [2.24, 2.45) is 5.92 Å². The van der Waals surface area contributed by atoms with Gasteiger partial charge in [-0.1, -0.05) is 24.3 Å². The minimum Gasteiger partial charge on any atom is -0.352 e. The van der Waals surface area contributed by atoms with Gasteiger partial charge in [-0.05, 0) is 35.4 Å². The van der Waals surface area contributed by atoms with E-state index in [1.165, 1.54) is 24.3 Å². The summed E-state index contributed by atoms with van der Waals surface area (Å²) in [5.41, 5.74) is 7.54. The first-order valence-corrected chi connectivity index (χ1v) is 7.39. The number of rotatable bonds is 4. The van der Waals surface area contributed by atoms with Gasteiger partial charge in [-0.25, -0.2) is 14.2 Å². The summed E-state index contributed by atoms with van der Waals surface area (Å²) in [7, 11) is 0. The smallest absolute Gasteiger partial charge is 0.226 e. The number of hydrazine groups is 1. The fourth-order valence-corrected chi connectivity index (χ4v) is 2.69. The summed E-state index contributed by atoms with van der Waals surface area (Å²) in [5, 5.41) is 2.82. The molecule has 0 aliphatic carbocycles. The molecule has 1 amide bonds. The van der Waals surface area contributed by atoms with E-state index in [-0.39, 0.29) is 36.0 Å². The Morgan fingerprint density at radius 3 is 2.65 bits per heavy atom. The van der Waals surface area contributed by atoms with Crippen LogP contribution in [0.3, 0.4) is 0 Å². The second-order valence-electron chi connectivity index (χ2n) is 5.51. The number of carbonyl (C=O) groups excluding carboxylic acids is 1. The molecule has 0 bridgehead atoms. The molecule has 2 aromatic rings. The van der Waals surface area contributed by atoms with Crippen LogP contribution < -0.4 is 16.2 Å². The second kappa shape index (κ2) is 6.85. The van der Waals surface area contributed by atoms with E-state index < -0.39 is 0 Å². The van der Waals surface area contributed by atoms with Crippen molar-refractivity contribution in [3.8, 4) is 0 Å². The number of hydrogen-bond donors (Lipinski definition) is 3. The summed E-state index contributed by atoms with van der Waals surface area (Å²) < 4.78 is 26.2. The van der Waals surface area contributed by atoms with Crippen molar-refractivity contribution in [1.29, 1.82) is 0 Å². The van der Waals surface area contributed by atoms with Gasteiger partial charge in [0.2, 0.25) is 5.91 Å². The van der Waals surface area contributed by atoms with Crippen LogP contribution in [-0.2, 0) is 11.3 Å². The SMILES string of the molecule is O=C(NCc1cccc(F)c1)C1CNNC1c1ccc(F)cc1. The Morgan fingerprint density at radius 1 is 1.13 bits per heavy atom. The lowest BCUT2D eigenvalue weighted by molar-refractivity contribution is -0.125. The molecule has 0 spiro atoms. The maximum absolute atomic E-state index is 13.1. The molecule has 2 unspecified atom stereocenters. The lowest BCUT2D eigenvalue weighted by Gasteiger charge is -2.18. The number of carbonyl (C=O) groups is 1. The Bertz CT molecular complexity index is 690. The Hall–Kier alpha value is -2.31. The standard InChI is InChI=1S/C17H17F2N3O/c18-13-6-4-12(5-7-13)16-15(10-21-22-16)17(23)20-9-11-2-1-3-14(19)8-11/h1-8,15-16,21-22H,9-10H2,(H,20,23). The summed E-state index contributed by atoms with van der Waals surface area (Å²) in [4.78, 5) is 12.4. The van der Waals surface area contributed by atoms with E-state index in [1.807, 2.05) is 0 Å². The van der Waals surface area contributed by atoms with E-state index in [4.69, 9.17) is 0 Å². The van der Waals surface area contributed by atoms with Crippen molar-refractivity contribution < 1.29 is 13.6 Å². The van der Waals surface area contributed by atoms with Crippen molar-refractivity contribution in [2.75, 3.05) is 6.54 Å². The van der Waals surface area contributed by atoms with Gasteiger partial charge in [0.15, 0.2) is 0 Å². The zero-order chi connectivity index (χ0) is 16.2. The van der Waals surface area contributed by atoms with Gasteiger partial charge in [0.05, 0.1) is 12.0 Å². The Morgan fingerprint density at radius 2 is 1.91 bits per heavy atom. The van der Waals surface area contributed by atoms with E-state index in [0.717, 1.165) is 5.56 Å². The maximum atomic E-state index is 13.1. The number of halogens is 2. The molecule has 1 saturated heterocycles. The molecule has 2 aromatic carbocycles. The summed E-state index contributed by atoms with van der Waals surface area (Å²) in [5.74, 6) is -1.10. The third-order valence-electron chi connectivity index (χ3n) is 3.90. The number of hydrogen-bond acceptors (Lipinski definition) is 3. The topological polar surface area (TPSA) is 53.2 Å². The van der Waals surface area contributed by atoms with Crippen molar-refractivity contribution in [3.63, 3.8) is 0 Å². The van der Waals surface area contributed by atoms with E-state index in [9.17, 15) is 13.6 Å². The number of benzene rings is 2. The van der Waals surface area contributed by atoms with Crippen LogP contribution in [-0.4, -0.2) is 12.5 Å². The number of amides is 1. The van der Waals surface area contributed by atoms with E-state index in [2.05, 4.69) is 16.2 Å². The molecule has 1 heterocycles. The van der Waals surface area contributed by atoms with Gasteiger partial charge in [0.1, 0.15) is 11.6 Å². The highest BCUT2D eigenvalue weighted by molar-refractivity contribution is 5.80.